The Morgan fingerprint density at radius 2 is 2.05 bits per heavy atom. The first-order valence-electron chi connectivity index (χ1n) is 7.39. The molecule has 2 amide bonds. The van der Waals surface area contributed by atoms with Gasteiger partial charge in [-0.2, -0.15) is 0 Å². The van der Waals surface area contributed by atoms with Gasteiger partial charge < -0.3 is 15.4 Å². The summed E-state index contributed by atoms with van der Waals surface area (Å²) in [7, 11) is 1.59. The third kappa shape index (κ3) is 5.51. The average molecular weight is 278 g/mol. The van der Waals surface area contributed by atoms with Gasteiger partial charge in [0.2, 0.25) is 0 Å². The zero-order valence-electron chi connectivity index (χ0n) is 12.7. The topological polar surface area (TPSA) is 50.4 Å². The molecule has 0 bridgehead atoms. The molecule has 0 aromatic heterocycles. The number of rotatable bonds is 8. The van der Waals surface area contributed by atoms with Gasteiger partial charge in [-0.15, -0.1) is 0 Å². The molecule has 0 spiro atoms. The Kier molecular flexibility index (Phi) is 7.55. The van der Waals surface area contributed by atoms with Gasteiger partial charge in [0, 0.05) is 6.54 Å². The van der Waals surface area contributed by atoms with Crippen LogP contribution in [0.4, 0.5) is 10.5 Å². The van der Waals surface area contributed by atoms with Crippen LogP contribution in [0.25, 0.3) is 0 Å². The number of hydrogen-bond donors (Lipinski definition) is 2. The summed E-state index contributed by atoms with van der Waals surface area (Å²) < 4.78 is 5.20. The van der Waals surface area contributed by atoms with Crippen molar-refractivity contribution in [3.8, 4) is 5.75 Å². The molecule has 0 aliphatic carbocycles. The van der Waals surface area contributed by atoms with E-state index in [1.807, 2.05) is 24.3 Å². The van der Waals surface area contributed by atoms with Gasteiger partial charge in [-0.1, -0.05) is 45.2 Å². The number of nitrogens with one attached hydrogen (secondary N) is 2. The van der Waals surface area contributed by atoms with Crippen LogP contribution in [0.2, 0.25) is 0 Å². The number of methoxy groups -OCH3 is 1. The lowest BCUT2D eigenvalue weighted by molar-refractivity contribution is 0.249. The fourth-order valence-electron chi connectivity index (χ4n) is 2.09. The van der Waals surface area contributed by atoms with Gasteiger partial charge in [-0.25, -0.2) is 4.79 Å². The van der Waals surface area contributed by atoms with Crippen molar-refractivity contribution < 1.29 is 9.53 Å². The first-order chi connectivity index (χ1) is 9.71. The number of carbonyl (C=O) groups excluding carboxylic acids is 1. The molecule has 4 nitrogen and oxygen atoms in total. The minimum atomic E-state index is -0.176. The lowest BCUT2D eigenvalue weighted by atomic mass is 9.99. The molecule has 20 heavy (non-hydrogen) atoms. The molecule has 1 rings (SSSR count). The smallest absolute Gasteiger partial charge is 0.319 e. The van der Waals surface area contributed by atoms with E-state index in [0.717, 1.165) is 13.0 Å². The van der Waals surface area contributed by atoms with Gasteiger partial charge in [0.15, 0.2) is 0 Å². The fraction of sp³-hybridized carbons (Fsp3) is 0.562. The Bertz CT molecular complexity index is 407. The van der Waals surface area contributed by atoms with E-state index in [-0.39, 0.29) is 6.03 Å². The van der Waals surface area contributed by atoms with Gasteiger partial charge in [-0.3, -0.25) is 0 Å². The fourth-order valence-corrected chi connectivity index (χ4v) is 2.09. The largest absolute Gasteiger partial charge is 0.495 e. The summed E-state index contributed by atoms with van der Waals surface area (Å²) in [5.74, 6) is 1.22. The van der Waals surface area contributed by atoms with Crippen LogP contribution in [0.5, 0.6) is 5.75 Å². The minimum absolute atomic E-state index is 0.176. The molecular formula is C16H26N2O2. The first kappa shape index (κ1) is 16.3. The Balaban J connectivity index is 2.43. The maximum absolute atomic E-state index is 11.9. The summed E-state index contributed by atoms with van der Waals surface area (Å²) in [4.78, 5) is 11.9. The molecule has 112 valence electrons. The van der Waals surface area contributed by atoms with Gasteiger partial charge in [0.25, 0.3) is 0 Å². The maximum atomic E-state index is 11.9. The van der Waals surface area contributed by atoms with Crippen LogP contribution in [0, 0.1) is 5.92 Å². The third-order valence-electron chi connectivity index (χ3n) is 3.45. The minimum Gasteiger partial charge on any atom is -0.495 e. The van der Waals surface area contributed by atoms with Gasteiger partial charge in [0.05, 0.1) is 12.8 Å². The highest BCUT2D eigenvalue weighted by molar-refractivity contribution is 5.90. The van der Waals surface area contributed by atoms with Crippen LogP contribution in [0.15, 0.2) is 24.3 Å². The molecule has 0 saturated heterocycles. The van der Waals surface area contributed by atoms with E-state index < -0.39 is 0 Å². The van der Waals surface area contributed by atoms with Gasteiger partial charge in [0.1, 0.15) is 5.75 Å². The van der Waals surface area contributed by atoms with Crippen molar-refractivity contribution in [2.24, 2.45) is 5.92 Å². The Labute approximate surface area is 121 Å². The molecule has 1 aromatic carbocycles. The molecule has 4 heteroatoms. The zero-order chi connectivity index (χ0) is 14.8. The molecule has 1 unspecified atom stereocenters. The lowest BCUT2D eigenvalue weighted by Crippen LogP contribution is -2.33. The van der Waals surface area contributed by atoms with Crippen LogP contribution in [-0.4, -0.2) is 19.7 Å². The van der Waals surface area contributed by atoms with Crippen LogP contribution >= 0.6 is 0 Å². The van der Waals surface area contributed by atoms with Crippen molar-refractivity contribution in [2.75, 3.05) is 19.0 Å². The molecular weight excluding hydrogens is 252 g/mol. The van der Waals surface area contributed by atoms with E-state index >= 15 is 0 Å². The molecule has 0 saturated carbocycles. The first-order valence-corrected chi connectivity index (χ1v) is 7.39. The van der Waals surface area contributed by atoms with E-state index in [1.54, 1.807) is 7.11 Å². The number of para-hydroxylation sites is 2. The molecule has 0 aliphatic heterocycles. The number of carbonyl (C=O) groups is 1. The van der Waals surface area contributed by atoms with E-state index in [1.165, 1.54) is 19.3 Å². The predicted molar refractivity (Wildman–Crippen MR) is 83.3 cm³/mol. The van der Waals surface area contributed by atoms with Gasteiger partial charge >= 0.3 is 6.03 Å². The van der Waals surface area contributed by atoms with Crippen LogP contribution in [0.1, 0.15) is 39.5 Å². The molecule has 1 aromatic rings. The Hall–Kier alpha value is -1.71. The normalized spacial score (nSPS) is 11.8. The van der Waals surface area contributed by atoms with Crippen molar-refractivity contribution in [1.29, 1.82) is 0 Å². The highest BCUT2D eigenvalue weighted by Gasteiger charge is 2.09. The van der Waals surface area contributed by atoms with Crippen molar-refractivity contribution in [2.45, 2.75) is 39.5 Å². The van der Waals surface area contributed by atoms with E-state index in [2.05, 4.69) is 24.5 Å². The Morgan fingerprint density at radius 1 is 1.30 bits per heavy atom. The number of amides is 2. The predicted octanol–water partition coefficient (Wildman–Crippen LogP) is 4.03. The third-order valence-corrected chi connectivity index (χ3v) is 3.45. The number of urea groups is 1. The summed E-state index contributed by atoms with van der Waals surface area (Å²) >= 11 is 0. The second kappa shape index (κ2) is 9.23. The van der Waals surface area contributed by atoms with Crippen molar-refractivity contribution >= 4 is 11.7 Å². The average Bonchev–Trinajstić information content (AvgIpc) is 2.48. The Morgan fingerprint density at radius 3 is 2.70 bits per heavy atom. The summed E-state index contributed by atoms with van der Waals surface area (Å²) in [6.45, 7) is 5.08. The quantitative estimate of drug-likeness (QED) is 0.754. The standard InChI is InChI=1S/C16H26N2O2/c1-4-6-9-13(5-2)12-17-16(19)18-14-10-7-8-11-15(14)20-3/h7-8,10-11,13H,4-6,9,12H2,1-3H3,(H2,17,18,19). The number of unbranched alkanes of at least 4 members (excludes halogenated alkanes) is 1. The zero-order valence-corrected chi connectivity index (χ0v) is 12.7. The highest BCUT2D eigenvalue weighted by atomic mass is 16.5. The highest BCUT2D eigenvalue weighted by Crippen LogP contribution is 2.22. The van der Waals surface area contributed by atoms with E-state index in [4.69, 9.17) is 4.74 Å². The summed E-state index contributed by atoms with van der Waals surface area (Å²) in [5.41, 5.74) is 0.689. The van der Waals surface area contributed by atoms with E-state index in [0.29, 0.717) is 17.4 Å². The van der Waals surface area contributed by atoms with Crippen molar-refractivity contribution in [3.05, 3.63) is 24.3 Å². The molecule has 0 radical (unpaired) electrons. The summed E-state index contributed by atoms with van der Waals surface area (Å²) in [6.07, 6.45) is 4.68. The molecule has 0 heterocycles. The van der Waals surface area contributed by atoms with Crippen LogP contribution in [-0.2, 0) is 0 Å². The van der Waals surface area contributed by atoms with Crippen molar-refractivity contribution in [1.82, 2.24) is 5.32 Å². The number of hydrogen-bond acceptors (Lipinski definition) is 2. The molecule has 2 N–H and O–H groups in total. The second-order valence-electron chi connectivity index (χ2n) is 4.95. The van der Waals surface area contributed by atoms with Crippen LogP contribution in [0.3, 0.4) is 0 Å². The number of benzene rings is 1. The monoisotopic (exact) mass is 278 g/mol. The van der Waals surface area contributed by atoms with Gasteiger partial charge in [-0.05, 0) is 24.5 Å². The molecule has 0 aliphatic rings. The van der Waals surface area contributed by atoms with Crippen molar-refractivity contribution in [3.63, 3.8) is 0 Å². The SMILES string of the molecule is CCCCC(CC)CNC(=O)Nc1ccccc1OC. The second-order valence-corrected chi connectivity index (χ2v) is 4.95. The van der Waals surface area contributed by atoms with Crippen LogP contribution < -0.4 is 15.4 Å². The number of ether oxygens (including phenoxy) is 1. The summed E-state index contributed by atoms with van der Waals surface area (Å²) in [6, 6.07) is 7.22. The summed E-state index contributed by atoms with van der Waals surface area (Å²) in [5, 5.41) is 5.76. The number of anilines is 1. The molecule has 0 fully saturated rings. The maximum Gasteiger partial charge on any atom is 0.319 e. The molecule has 1 atom stereocenters. The lowest BCUT2D eigenvalue weighted by Gasteiger charge is -2.16. The van der Waals surface area contributed by atoms with E-state index in [9.17, 15) is 4.79 Å².